The highest BCUT2D eigenvalue weighted by Gasteiger charge is 2.40. The zero-order chi connectivity index (χ0) is 17.5. The van der Waals surface area contributed by atoms with Crippen LogP contribution in [0.25, 0.3) is 0 Å². The van der Waals surface area contributed by atoms with Crippen LogP contribution in [0, 0.1) is 0 Å². The molecule has 24 heavy (non-hydrogen) atoms. The molecule has 1 aliphatic rings. The molecule has 1 aliphatic heterocycles. The zero-order valence-corrected chi connectivity index (χ0v) is 14.4. The highest BCUT2D eigenvalue weighted by atomic mass is 16.5. The molecule has 6 nitrogen and oxygen atoms in total. The number of likely N-dealkylation sites (N-methyl/N-ethyl adjacent to an activating group) is 1. The molecule has 2 atom stereocenters. The van der Waals surface area contributed by atoms with Gasteiger partial charge in [-0.1, -0.05) is 31.5 Å². The van der Waals surface area contributed by atoms with Crippen LogP contribution in [-0.2, 0) is 9.59 Å². The molecule has 1 aromatic carbocycles. The van der Waals surface area contributed by atoms with Gasteiger partial charge < -0.3 is 19.6 Å². The third-order valence-corrected chi connectivity index (χ3v) is 4.21. The van der Waals surface area contributed by atoms with Crippen molar-refractivity contribution in [2.24, 2.45) is 0 Å². The highest BCUT2D eigenvalue weighted by molar-refractivity contribution is 5.88. The first kappa shape index (κ1) is 18.3. The largest absolute Gasteiger partial charge is 0.484 e. The van der Waals surface area contributed by atoms with Gasteiger partial charge in [0, 0.05) is 26.6 Å². The topological polar surface area (TPSA) is 70.1 Å². The number of benzene rings is 1. The van der Waals surface area contributed by atoms with Crippen LogP contribution < -0.4 is 4.74 Å². The Morgan fingerprint density at radius 3 is 2.71 bits per heavy atom. The minimum atomic E-state index is -0.667. The summed E-state index contributed by atoms with van der Waals surface area (Å²) in [5.74, 6) is 0.208. The summed E-state index contributed by atoms with van der Waals surface area (Å²) in [6, 6.07) is 8.46. The van der Waals surface area contributed by atoms with Crippen LogP contribution in [0.15, 0.2) is 30.3 Å². The second kappa shape index (κ2) is 8.68. The number of unbranched alkanes of at least 4 members (excludes halogenated alkanes) is 1. The molecule has 0 aliphatic carbocycles. The minimum absolute atomic E-state index is 0.118. The van der Waals surface area contributed by atoms with E-state index in [9.17, 15) is 14.7 Å². The molecule has 6 heteroatoms. The second-order valence-corrected chi connectivity index (χ2v) is 6.17. The molecule has 2 rings (SSSR count). The Hall–Kier alpha value is -2.08. The summed E-state index contributed by atoms with van der Waals surface area (Å²) < 4.78 is 5.47. The number of hydrogen-bond acceptors (Lipinski definition) is 4. The van der Waals surface area contributed by atoms with E-state index in [1.54, 1.807) is 24.1 Å². The fourth-order valence-electron chi connectivity index (χ4n) is 2.83. The van der Waals surface area contributed by atoms with Crippen LogP contribution in [-0.4, -0.2) is 65.6 Å². The molecule has 1 fully saturated rings. The van der Waals surface area contributed by atoms with E-state index >= 15 is 0 Å². The molecule has 0 aromatic heterocycles. The Balaban J connectivity index is 1.95. The summed E-state index contributed by atoms with van der Waals surface area (Å²) in [6.45, 7) is 2.76. The van der Waals surface area contributed by atoms with Crippen molar-refractivity contribution in [3.8, 4) is 5.75 Å². The van der Waals surface area contributed by atoms with Gasteiger partial charge in [-0.15, -0.1) is 0 Å². The number of ether oxygens (including phenoxy) is 1. The van der Waals surface area contributed by atoms with Gasteiger partial charge in [0.15, 0.2) is 6.61 Å². The number of β-amino-alcohol motifs (C(OH)–C–C–N with tert-alkyl or cyclic N) is 1. The first-order valence-electron chi connectivity index (χ1n) is 8.43. The average Bonchev–Trinajstić information content (AvgIpc) is 2.99. The molecule has 1 N–H and O–H groups in total. The van der Waals surface area contributed by atoms with Gasteiger partial charge in [-0.3, -0.25) is 9.59 Å². The van der Waals surface area contributed by atoms with E-state index in [0.29, 0.717) is 12.3 Å². The number of likely N-dealkylation sites (tertiary alicyclic amines) is 1. The number of nitrogens with zero attached hydrogens (tertiary/aromatic N) is 2. The van der Waals surface area contributed by atoms with Crippen LogP contribution in [0.5, 0.6) is 5.75 Å². The molecule has 0 spiro atoms. The molecule has 132 valence electrons. The van der Waals surface area contributed by atoms with E-state index in [1.165, 1.54) is 4.90 Å². The standard InChI is InChI=1S/C18H26N2O4/c1-3-4-10-19(2)18(23)16-11-14(21)12-20(16)17(22)13-24-15-8-6-5-7-9-15/h5-9,14,16,21H,3-4,10-13H2,1-2H3/t14-,16+/m0/s1. The van der Waals surface area contributed by atoms with Crippen molar-refractivity contribution < 1.29 is 19.4 Å². The number of carbonyl (C=O) groups excluding carboxylic acids is 2. The van der Waals surface area contributed by atoms with Crippen molar-refractivity contribution in [1.29, 1.82) is 0 Å². The third kappa shape index (κ3) is 4.71. The van der Waals surface area contributed by atoms with Crippen LogP contribution in [0.3, 0.4) is 0 Å². The lowest BCUT2D eigenvalue weighted by Crippen LogP contribution is -2.48. The molecule has 0 bridgehead atoms. The van der Waals surface area contributed by atoms with Crippen molar-refractivity contribution in [1.82, 2.24) is 9.80 Å². The molecule has 1 heterocycles. The maximum absolute atomic E-state index is 12.6. The molecule has 1 aromatic rings. The summed E-state index contributed by atoms with van der Waals surface area (Å²) >= 11 is 0. The van der Waals surface area contributed by atoms with Crippen LogP contribution in [0.1, 0.15) is 26.2 Å². The highest BCUT2D eigenvalue weighted by Crippen LogP contribution is 2.20. The summed E-state index contributed by atoms with van der Waals surface area (Å²) in [6.07, 6.45) is 1.53. The number of carbonyl (C=O) groups is 2. The summed E-state index contributed by atoms with van der Waals surface area (Å²) in [4.78, 5) is 28.1. The van der Waals surface area contributed by atoms with Gasteiger partial charge in [0.25, 0.3) is 5.91 Å². The first-order valence-corrected chi connectivity index (χ1v) is 8.43. The van der Waals surface area contributed by atoms with Gasteiger partial charge in [0.05, 0.1) is 6.10 Å². The van der Waals surface area contributed by atoms with Crippen LogP contribution >= 0.6 is 0 Å². The normalized spacial score (nSPS) is 20.0. The van der Waals surface area contributed by atoms with Crippen molar-refractivity contribution >= 4 is 11.8 Å². The van der Waals surface area contributed by atoms with E-state index in [0.717, 1.165) is 12.8 Å². The number of hydrogen-bond donors (Lipinski definition) is 1. The Bertz CT molecular complexity index is 549. The molecular weight excluding hydrogens is 308 g/mol. The van der Waals surface area contributed by atoms with Crippen molar-refractivity contribution in [3.63, 3.8) is 0 Å². The number of aliphatic hydroxyl groups excluding tert-OH is 1. The fourth-order valence-corrected chi connectivity index (χ4v) is 2.83. The molecule has 0 saturated carbocycles. The smallest absolute Gasteiger partial charge is 0.261 e. The zero-order valence-electron chi connectivity index (χ0n) is 14.4. The predicted molar refractivity (Wildman–Crippen MR) is 90.6 cm³/mol. The van der Waals surface area contributed by atoms with E-state index in [1.807, 2.05) is 18.2 Å². The Labute approximate surface area is 143 Å². The van der Waals surface area contributed by atoms with Gasteiger partial charge in [-0.25, -0.2) is 0 Å². The van der Waals surface area contributed by atoms with E-state index < -0.39 is 12.1 Å². The maximum atomic E-state index is 12.6. The molecule has 2 amide bonds. The predicted octanol–water partition coefficient (Wildman–Crippen LogP) is 1.29. The lowest BCUT2D eigenvalue weighted by molar-refractivity contribution is -0.144. The monoisotopic (exact) mass is 334 g/mol. The van der Waals surface area contributed by atoms with Crippen molar-refractivity contribution in [2.45, 2.75) is 38.3 Å². The van der Waals surface area contributed by atoms with E-state index in [4.69, 9.17) is 4.74 Å². The molecule has 1 saturated heterocycles. The average molecular weight is 334 g/mol. The fraction of sp³-hybridized carbons (Fsp3) is 0.556. The molecule has 0 unspecified atom stereocenters. The second-order valence-electron chi connectivity index (χ2n) is 6.17. The van der Waals surface area contributed by atoms with Crippen LogP contribution in [0.2, 0.25) is 0 Å². The quantitative estimate of drug-likeness (QED) is 0.816. The lowest BCUT2D eigenvalue weighted by atomic mass is 10.1. The number of amides is 2. The Morgan fingerprint density at radius 1 is 1.33 bits per heavy atom. The van der Waals surface area contributed by atoms with Gasteiger partial charge in [0.1, 0.15) is 11.8 Å². The van der Waals surface area contributed by atoms with Gasteiger partial charge >= 0.3 is 0 Å². The third-order valence-electron chi connectivity index (χ3n) is 4.21. The van der Waals surface area contributed by atoms with Crippen molar-refractivity contribution in [2.75, 3.05) is 26.7 Å². The van der Waals surface area contributed by atoms with Crippen molar-refractivity contribution in [3.05, 3.63) is 30.3 Å². The van der Waals surface area contributed by atoms with Gasteiger partial charge in [-0.2, -0.15) is 0 Å². The lowest BCUT2D eigenvalue weighted by Gasteiger charge is -2.27. The SMILES string of the molecule is CCCCN(C)C(=O)[C@H]1C[C@H](O)CN1C(=O)COc1ccccc1. The van der Waals surface area contributed by atoms with E-state index in [-0.39, 0.29) is 31.4 Å². The molecule has 0 radical (unpaired) electrons. The summed E-state index contributed by atoms with van der Waals surface area (Å²) in [7, 11) is 1.74. The summed E-state index contributed by atoms with van der Waals surface area (Å²) in [5.41, 5.74) is 0. The number of aliphatic hydroxyl groups is 1. The number of rotatable bonds is 7. The number of para-hydroxylation sites is 1. The Morgan fingerprint density at radius 2 is 2.04 bits per heavy atom. The maximum Gasteiger partial charge on any atom is 0.261 e. The Kier molecular flexibility index (Phi) is 6.61. The van der Waals surface area contributed by atoms with Gasteiger partial charge in [0.2, 0.25) is 5.91 Å². The minimum Gasteiger partial charge on any atom is -0.484 e. The van der Waals surface area contributed by atoms with E-state index in [2.05, 4.69) is 6.92 Å². The summed E-state index contributed by atoms with van der Waals surface area (Å²) in [5, 5.41) is 9.91. The first-order chi connectivity index (χ1) is 11.5. The van der Waals surface area contributed by atoms with Gasteiger partial charge in [-0.05, 0) is 18.6 Å². The molecular formula is C18H26N2O4. The van der Waals surface area contributed by atoms with Crippen LogP contribution in [0.4, 0.5) is 0 Å².